The molecule has 10 heteroatoms. The highest BCUT2D eigenvalue weighted by Crippen LogP contribution is 2.30. The number of nitro groups is 1. The number of nitrogens with zero attached hydrogens (tertiary/aromatic N) is 5. The molecule has 0 saturated heterocycles. The molecule has 0 saturated carbocycles. The first-order valence-electron chi connectivity index (χ1n) is 7.75. The van der Waals surface area contributed by atoms with Crippen molar-refractivity contribution in [2.24, 2.45) is 0 Å². The summed E-state index contributed by atoms with van der Waals surface area (Å²) < 4.78 is 8.00. The third kappa shape index (κ3) is 2.70. The molecule has 2 aromatic rings. The van der Waals surface area contributed by atoms with E-state index in [9.17, 15) is 14.9 Å². The van der Waals surface area contributed by atoms with Crippen LogP contribution < -0.4 is 5.32 Å². The Morgan fingerprint density at radius 2 is 2.29 bits per heavy atom. The molecule has 1 N–H and O–H groups in total. The van der Waals surface area contributed by atoms with E-state index in [0.29, 0.717) is 5.82 Å². The number of hydrogen-bond acceptors (Lipinski definition) is 6. The molecule has 3 rings (SSSR count). The van der Waals surface area contributed by atoms with E-state index in [1.165, 1.54) is 4.68 Å². The van der Waals surface area contributed by atoms with Gasteiger partial charge in [0.25, 0.3) is 0 Å². The molecule has 128 valence electrons. The van der Waals surface area contributed by atoms with Gasteiger partial charge in [0.1, 0.15) is 6.20 Å². The van der Waals surface area contributed by atoms with Crippen LogP contribution in [0.15, 0.2) is 6.20 Å². The zero-order valence-electron chi connectivity index (χ0n) is 13.5. The Hall–Kier alpha value is -2.91. The van der Waals surface area contributed by atoms with E-state index >= 15 is 0 Å². The lowest BCUT2D eigenvalue weighted by molar-refractivity contribution is -0.384. The predicted octanol–water partition coefficient (Wildman–Crippen LogP) is 2.19. The normalized spacial score (nSPS) is 13.4. The highest BCUT2D eigenvalue weighted by Gasteiger charge is 2.27. The highest BCUT2D eigenvalue weighted by atomic mass is 16.6. The summed E-state index contributed by atoms with van der Waals surface area (Å²) >= 11 is 0. The lowest BCUT2D eigenvalue weighted by atomic mass is 10.1. The first-order valence-corrected chi connectivity index (χ1v) is 7.75. The Labute approximate surface area is 137 Å². The minimum atomic E-state index is -0.774. The Balaban J connectivity index is 2.06. The number of hydrogen-bond donors (Lipinski definition) is 1. The van der Waals surface area contributed by atoms with Crippen molar-refractivity contribution >= 4 is 17.6 Å². The van der Waals surface area contributed by atoms with Crippen LogP contribution in [0, 0.1) is 17.0 Å². The summed E-state index contributed by atoms with van der Waals surface area (Å²) in [5, 5.41) is 22.2. The minimum Gasteiger partial charge on any atom is -0.450 e. The largest absolute Gasteiger partial charge is 0.450 e. The Morgan fingerprint density at radius 1 is 1.50 bits per heavy atom. The molecule has 0 spiro atoms. The van der Waals surface area contributed by atoms with Gasteiger partial charge in [-0.2, -0.15) is 14.9 Å². The maximum atomic E-state index is 11.7. The number of rotatable bonds is 4. The Morgan fingerprint density at radius 3 is 2.96 bits per heavy atom. The fourth-order valence-electron chi connectivity index (χ4n) is 2.84. The number of fused-ring (bicyclic) bond motifs is 1. The molecule has 1 aliphatic rings. The van der Waals surface area contributed by atoms with Gasteiger partial charge in [0, 0.05) is 17.8 Å². The fraction of sp³-hybridized carbons (Fsp3) is 0.500. The average Bonchev–Trinajstić information content (AvgIpc) is 3.09. The summed E-state index contributed by atoms with van der Waals surface area (Å²) in [5.74, 6) is 0.420. The van der Waals surface area contributed by atoms with Gasteiger partial charge in [-0.3, -0.25) is 20.1 Å². The summed E-state index contributed by atoms with van der Waals surface area (Å²) in [6, 6.07) is 0. The molecule has 3 heterocycles. The van der Waals surface area contributed by atoms with Gasteiger partial charge < -0.3 is 4.74 Å². The maximum Gasteiger partial charge on any atom is 0.412 e. The number of nitrogens with one attached hydrogen (secondary N) is 1. The molecular weight excluding hydrogens is 316 g/mol. The van der Waals surface area contributed by atoms with Crippen LogP contribution >= 0.6 is 0 Å². The van der Waals surface area contributed by atoms with E-state index in [4.69, 9.17) is 4.74 Å². The number of carbonyl (C=O) groups excluding carboxylic acids is 1. The molecule has 0 aliphatic carbocycles. The lowest BCUT2D eigenvalue weighted by Gasteiger charge is -2.12. The molecule has 0 fully saturated rings. The monoisotopic (exact) mass is 334 g/mol. The second-order valence-corrected chi connectivity index (χ2v) is 5.47. The number of carbonyl (C=O) groups is 1. The van der Waals surface area contributed by atoms with Crippen LogP contribution in [0.4, 0.5) is 16.3 Å². The molecule has 10 nitrogen and oxygen atoms in total. The summed E-state index contributed by atoms with van der Waals surface area (Å²) in [4.78, 5) is 22.3. The van der Waals surface area contributed by atoms with Crippen LogP contribution in [0.5, 0.6) is 0 Å². The Kier molecular flexibility index (Phi) is 4.19. The smallest absolute Gasteiger partial charge is 0.412 e. The van der Waals surface area contributed by atoms with Crippen LogP contribution in [0.25, 0.3) is 5.82 Å². The topological polar surface area (TPSA) is 117 Å². The van der Waals surface area contributed by atoms with Crippen LogP contribution in [-0.4, -0.2) is 37.2 Å². The Bertz CT molecular complexity index is 794. The average molecular weight is 334 g/mol. The minimum absolute atomic E-state index is 0.0583. The number of aryl methyl sites for hydroxylation is 1. The fourth-order valence-corrected chi connectivity index (χ4v) is 2.84. The molecule has 0 radical (unpaired) electrons. The van der Waals surface area contributed by atoms with Crippen LogP contribution in [0.3, 0.4) is 0 Å². The van der Waals surface area contributed by atoms with Crippen LogP contribution in [-0.2, 0) is 17.7 Å². The molecule has 0 unspecified atom stereocenters. The molecular formula is C14H18N6O4. The third-order valence-electron chi connectivity index (χ3n) is 3.97. The number of anilines is 1. The van der Waals surface area contributed by atoms with Gasteiger partial charge in [0.05, 0.1) is 11.5 Å². The van der Waals surface area contributed by atoms with Gasteiger partial charge in [-0.25, -0.2) is 4.79 Å². The van der Waals surface area contributed by atoms with Gasteiger partial charge in [0.2, 0.25) is 5.82 Å². The molecule has 1 aliphatic heterocycles. The molecule has 24 heavy (non-hydrogen) atoms. The lowest BCUT2D eigenvalue weighted by Crippen LogP contribution is -2.17. The second kappa shape index (κ2) is 6.30. The van der Waals surface area contributed by atoms with Crippen LogP contribution in [0.2, 0.25) is 0 Å². The van der Waals surface area contributed by atoms with Crippen molar-refractivity contribution in [2.45, 2.75) is 39.7 Å². The van der Waals surface area contributed by atoms with Gasteiger partial charge in [-0.1, -0.05) is 0 Å². The van der Waals surface area contributed by atoms with Gasteiger partial charge >= 0.3 is 11.8 Å². The summed E-state index contributed by atoms with van der Waals surface area (Å²) in [6.07, 6.45) is 3.35. The molecule has 1 amide bonds. The standard InChI is InChI=1S/C14H18N6O4/c1-3-24-14(21)16-13-11(20(22)23)8-15-19(13)12-9(2)10-6-4-5-7-18(10)17-12/h8H,3-7H2,1-2H3,(H,16,21). The van der Waals surface area contributed by atoms with Gasteiger partial charge in [-0.05, 0) is 33.1 Å². The third-order valence-corrected chi connectivity index (χ3v) is 3.97. The quantitative estimate of drug-likeness (QED) is 0.676. The van der Waals surface area contributed by atoms with E-state index in [0.717, 1.165) is 43.3 Å². The number of aromatic nitrogens is 4. The van der Waals surface area contributed by atoms with E-state index in [2.05, 4.69) is 15.5 Å². The predicted molar refractivity (Wildman–Crippen MR) is 84.3 cm³/mol. The zero-order chi connectivity index (χ0) is 17.3. The van der Waals surface area contributed by atoms with Gasteiger partial charge in [0.15, 0.2) is 5.82 Å². The number of amides is 1. The van der Waals surface area contributed by atoms with Crippen molar-refractivity contribution in [3.05, 3.63) is 27.6 Å². The van der Waals surface area contributed by atoms with Crippen molar-refractivity contribution < 1.29 is 14.5 Å². The summed E-state index contributed by atoms with van der Waals surface area (Å²) in [7, 11) is 0. The number of ether oxygens (including phenoxy) is 1. The van der Waals surface area contributed by atoms with Crippen molar-refractivity contribution in [1.29, 1.82) is 0 Å². The van der Waals surface area contributed by atoms with Gasteiger partial charge in [-0.15, -0.1) is 0 Å². The molecule has 2 aromatic heterocycles. The summed E-state index contributed by atoms with van der Waals surface area (Å²) in [6.45, 7) is 4.52. The maximum absolute atomic E-state index is 11.7. The first kappa shape index (κ1) is 16.0. The van der Waals surface area contributed by atoms with Crippen LogP contribution in [0.1, 0.15) is 31.0 Å². The van der Waals surface area contributed by atoms with Crippen molar-refractivity contribution in [3.8, 4) is 5.82 Å². The highest BCUT2D eigenvalue weighted by molar-refractivity contribution is 5.86. The molecule has 0 bridgehead atoms. The first-order chi connectivity index (χ1) is 11.5. The van der Waals surface area contributed by atoms with Crippen molar-refractivity contribution in [1.82, 2.24) is 19.6 Å². The van der Waals surface area contributed by atoms with E-state index in [1.807, 2.05) is 11.6 Å². The second-order valence-electron chi connectivity index (χ2n) is 5.47. The summed E-state index contributed by atoms with van der Waals surface area (Å²) in [5.41, 5.74) is 1.68. The SMILES string of the molecule is CCOC(=O)Nc1c([N+](=O)[O-])cnn1-c1nn2c(c1C)CCCC2. The van der Waals surface area contributed by atoms with E-state index < -0.39 is 11.0 Å². The molecule has 0 atom stereocenters. The van der Waals surface area contributed by atoms with E-state index in [-0.39, 0.29) is 18.1 Å². The zero-order valence-corrected chi connectivity index (χ0v) is 13.5. The van der Waals surface area contributed by atoms with Crippen molar-refractivity contribution in [2.75, 3.05) is 11.9 Å². The van der Waals surface area contributed by atoms with E-state index in [1.54, 1.807) is 6.92 Å². The molecule has 0 aromatic carbocycles. The van der Waals surface area contributed by atoms with Crippen molar-refractivity contribution in [3.63, 3.8) is 0 Å².